The minimum absolute atomic E-state index is 0.144. The number of fused-ring (bicyclic) bond motifs is 1. The average molecular weight is 310 g/mol. The van der Waals surface area contributed by atoms with Crippen molar-refractivity contribution in [3.63, 3.8) is 0 Å². The molecule has 0 radical (unpaired) electrons. The van der Waals surface area contributed by atoms with Crippen molar-refractivity contribution >= 4 is 34.0 Å². The van der Waals surface area contributed by atoms with Crippen molar-refractivity contribution in [1.29, 1.82) is 0 Å². The lowest BCUT2D eigenvalue weighted by molar-refractivity contribution is -0.114. The Morgan fingerprint density at radius 2 is 1.96 bits per heavy atom. The van der Waals surface area contributed by atoms with Crippen LogP contribution in [-0.4, -0.2) is 15.9 Å². The van der Waals surface area contributed by atoms with Crippen LogP contribution < -0.4 is 10.6 Å². The van der Waals surface area contributed by atoms with Gasteiger partial charge in [-0.25, -0.2) is 14.4 Å². The number of benzene rings is 2. The first-order valence-electron chi connectivity index (χ1n) is 7.08. The summed E-state index contributed by atoms with van der Waals surface area (Å²) >= 11 is 0. The van der Waals surface area contributed by atoms with E-state index in [1.54, 1.807) is 6.07 Å². The third kappa shape index (κ3) is 3.26. The topological polar surface area (TPSA) is 66.9 Å². The van der Waals surface area contributed by atoms with Gasteiger partial charge in [-0.1, -0.05) is 6.07 Å². The van der Waals surface area contributed by atoms with Crippen LogP contribution in [0.1, 0.15) is 12.5 Å². The van der Waals surface area contributed by atoms with Crippen molar-refractivity contribution in [2.75, 3.05) is 10.6 Å². The molecule has 1 heterocycles. The Morgan fingerprint density at radius 1 is 1.13 bits per heavy atom. The summed E-state index contributed by atoms with van der Waals surface area (Å²) in [5.41, 5.74) is 3.08. The Hall–Kier alpha value is -3.02. The maximum Gasteiger partial charge on any atom is 0.221 e. The molecule has 0 atom stereocenters. The summed E-state index contributed by atoms with van der Waals surface area (Å²) in [6.07, 6.45) is 1.43. The molecular weight excluding hydrogens is 295 g/mol. The van der Waals surface area contributed by atoms with Gasteiger partial charge in [-0.05, 0) is 42.8 Å². The first kappa shape index (κ1) is 14.9. The molecule has 0 aliphatic rings. The van der Waals surface area contributed by atoms with E-state index in [0.29, 0.717) is 22.4 Å². The molecule has 2 N–H and O–H groups in total. The molecule has 0 bridgehead atoms. The van der Waals surface area contributed by atoms with Crippen LogP contribution in [0.4, 0.5) is 21.6 Å². The van der Waals surface area contributed by atoms with Gasteiger partial charge >= 0.3 is 0 Å². The fraction of sp³-hybridized carbons (Fsp3) is 0.118. The van der Waals surface area contributed by atoms with Crippen molar-refractivity contribution in [3.05, 3.63) is 54.1 Å². The van der Waals surface area contributed by atoms with Crippen LogP contribution in [-0.2, 0) is 4.79 Å². The van der Waals surface area contributed by atoms with Crippen molar-refractivity contribution in [1.82, 2.24) is 9.97 Å². The van der Waals surface area contributed by atoms with Crippen LogP contribution in [0.3, 0.4) is 0 Å². The van der Waals surface area contributed by atoms with Gasteiger partial charge < -0.3 is 10.6 Å². The summed E-state index contributed by atoms with van der Waals surface area (Å²) in [6, 6.07) is 9.88. The van der Waals surface area contributed by atoms with Gasteiger partial charge in [0.25, 0.3) is 0 Å². The molecule has 1 aromatic heterocycles. The number of nitrogens with zero attached hydrogens (tertiary/aromatic N) is 2. The zero-order valence-corrected chi connectivity index (χ0v) is 12.7. The van der Waals surface area contributed by atoms with E-state index in [1.807, 2.05) is 25.1 Å². The number of carbonyl (C=O) groups is 1. The highest BCUT2D eigenvalue weighted by atomic mass is 19.1. The van der Waals surface area contributed by atoms with E-state index in [-0.39, 0.29) is 11.7 Å². The Labute approximate surface area is 132 Å². The van der Waals surface area contributed by atoms with Gasteiger partial charge in [0.2, 0.25) is 5.91 Å². The number of aromatic nitrogens is 2. The number of carbonyl (C=O) groups excluding carboxylic acids is 1. The largest absolute Gasteiger partial charge is 0.339 e. The zero-order valence-electron chi connectivity index (χ0n) is 12.7. The van der Waals surface area contributed by atoms with Gasteiger partial charge in [0.05, 0.1) is 5.52 Å². The number of anilines is 3. The van der Waals surface area contributed by atoms with Gasteiger partial charge in [0.15, 0.2) is 0 Å². The maximum atomic E-state index is 13.5. The lowest BCUT2D eigenvalue weighted by Crippen LogP contribution is -2.06. The first-order chi connectivity index (χ1) is 11.0. The summed E-state index contributed by atoms with van der Waals surface area (Å²) in [6.45, 7) is 3.39. The molecule has 0 aliphatic heterocycles. The Morgan fingerprint density at radius 3 is 2.74 bits per heavy atom. The Balaban J connectivity index is 2.02. The van der Waals surface area contributed by atoms with Gasteiger partial charge in [-0.15, -0.1) is 0 Å². The van der Waals surface area contributed by atoms with E-state index in [4.69, 9.17) is 0 Å². The van der Waals surface area contributed by atoms with Gasteiger partial charge in [-0.3, -0.25) is 4.79 Å². The van der Waals surface area contributed by atoms with Crippen LogP contribution >= 0.6 is 0 Å². The number of halogens is 1. The fourth-order valence-electron chi connectivity index (χ4n) is 2.29. The van der Waals surface area contributed by atoms with Gasteiger partial charge in [0.1, 0.15) is 18.0 Å². The number of amides is 1. The zero-order chi connectivity index (χ0) is 16.4. The number of nitrogens with one attached hydrogen (secondary N) is 2. The predicted molar refractivity (Wildman–Crippen MR) is 88.3 cm³/mol. The van der Waals surface area contributed by atoms with Crippen molar-refractivity contribution in [2.24, 2.45) is 0 Å². The Kier molecular flexibility index (Phi) is 3.89. The second kappa shape index (κ2) is 6.00. The smallest absolute Gasteiger partial charge is 0.221 e. The molecule has 0 aliphatic carbocycles. The molecule has 2 aromatic carbocycles. The Bertz CT molecular complexity index is 895. The van der Waals surface area contributed by atoms with Crippen molar-refractivity contribution < 1.29 is 9.18 Å². The summed E-state index contributed by atoms with van der Waals surface area (Å²) < 4.78 is 13.5. The van der Waals surface area contributed by atoms with Gasteiger partial charge in [-0.2, -0.15) is 0 Å². The molecule has 0 fully saturated rings. The molecule has 0 spiro atoms. The summed E-state index contributed by atoms with van der Waals surface area (Å²) in [4.78, 5) is 19.5. The monoisotopic (exact) mass is 310 g/mol. The summed E-state index contributed by atoms with van der Waals surface area (Å²) in [5.74, 6) is 0.0194. The number of rotatable bonds is 3. The summed E-state index contributed by atoms with van der Waals surface area (Å²) in [7, 11) is 0. The second-order valence-corrected chi connectivity index (χ2v) is 5.22. The van der Waals surface area contributed by atoms with Crippen molar-refractivity contribution in [2.45, 2.75) is 13.8 Å². The van der Waals surface area contributed by atoms with E-state index in [1.165, 1.54) is 25.4 Å². The van der Waals surface area contributed by atoms with E-state index >= 15 is 0 Å². The fourth-order valence-corrected chi connectivity index (χ4v) is 2.29. The molecule has 0 unspecified atom stereocenters. The van der Waals surface area contributed by atoms with Gasteiger partial charge in [0, 0.05) is 23.7 Å². The first-order valence-corrected chi connectivity index (χ1v) is 7.08. The normalized spacial score (nSPS) is 10.6. The van der Waals surface area contributed by atoms with E-state index in [0.717, 1.165) is 11.3 Å². The SMILES string of the molecule is CC(=O)Nc1ccc(C)c(Nc2ncnc3ccc(F)cc23)c1. The molecule has 6 heteroatoms. The van der Waals surface area contributed by atoms with E-state index < -0.39 is 0 Å². The van der Waals surface area contributed by atoms with Crippen LogP contribution in [0, 0.1) is 12.7 Å². The lowest BCUT2D eigenvalue weighted by atomic mass is 10.1. The maximum absolute atomic E-state index is 13.5. The second-order valence-electron chi connectivity index (χ2n) is 5.22. The van der Waals surface area contributed by atoms with E-state index in [9.17, 15) is 9.18 Å². The predicted octanol–water partition coefficient (Wildman–Crippen LogP) is 3.78. The van der Waals surface area contributed by atoms with Crippen LogP contribution in [0.2, 0.25) is 0 Å². The van der Waals surface area contributed by atoms with Crippen LogP contribution in [0.25, 0.3) is 10.9 Å². The molecule has 5 nitrogen and oxygen atoms in total. The van der Waals surface area contributed by atoms with Crippen molar-refractivity contribution in [3.8, 4) is 0 Å². The number of hydrogen-bond acceptors (Lipinski definition) is 4. The average Bonchev–Trinajstić information content (AvgIpc) is 2.50. The number of hydrogen-bond donors (Lipinski definition) is 2. The highest BCUT2D eigenvalue weighted by Gasteiger charge is 2.08. The van der Waals surface area contributed by atoms with E-state index in [2.05, 4.69) is 20.6 Å². The van der Waals surface area contributed by atoms with Crippen LogP contribution in [0.15, 0.2) is 42.7 Å². The molecular formula is C17H15FN4O. The third-order valence-electron chi connectivity index (χ3n) is 3.41. The molecule has 0 saturated carbocycles. The molecule has 116 valence electrons. The summed E-state index contributed by atoms with van der Waals surface area (Å²) in [5, 5.41) is 6.51. The molecule has 23 heavy (non-hydrogen) atoms. The minimum atomic E-state index is -0.348. The molecule has 3 rings (SSSR count). The quantitative estimate of drug-likeness (QED) is 0.772. The molecule has 0 saturated heterocycles. The lowest BCUT2D eigenvalue weighted by Gasteiger charge is -2.12. The minimum Gasteiger partial charge on any atom is -0.339 e. The molecule has 3 aromatic rings. The van der Waals surface area contributed by atoms with Crippen LogP contribution in [0.5, 0.6) is 0 Å². The third-order valence-corrected chi connectivity index (χ3v) is 3.41. The highest BCUT2D eigenvalue weighted by Crippen LogP contribution is 2.27. The number of aryl methyl sites for hydroxylation is 1. The standard InChI is InChI=1S/C17H15FN4O/c1-10-3-5-13(21-11(2)23)8-16(10)22-17-14-7-12(18)4-6-15(14)19-9-20-17/h3-9H,1-2H3,(H,21,23)(H,19,20,22). The molecule has 1 amide bonds. The highest BCUT2D eigenvalue weighted by molar-refractivity contribution is 5.92.